The Morgan fingerprint density at radius 2 is 1.71 bits per heavy atom. The van der Waals surface area contributed by atoms with Crippen LogP contribution in [-0.4, -0.2) is 72.6 Å². The molecule has 1 saturated heterocycles. The summed E-state index contributed by atoms with van der Waals surface area (Å²) in [6.07, 6.45) is 0.700. The van der Waals surface area contributed by atoms with Gasteiger partial charge in [-0.1, -0.05) is 19.9 Å². The van der Waals surface area contributed by atoms with Gasteiger partial charge in [0.25, 0.3) is 11.7 Å². The standard InChI is InChI=1S/C30H40N2O6/c1-7-31(8-2)17-10-18-32-27(22-13-16-24(37-9-3)25(19-22)36-6)26(29(34)30(32)35)28(33)21-11-14-23(15-12-21)38-20(4)5/h11-16,19-20,27,33H,7-10,17-18H2,1-6H3/b28-26+/t27-/m1/s1. The Balaban J connectivity index is 2.06. The van der Waals surface area contributed by atoms with E-state index >= 15 is 0 Å². The smallest absolute Gasteiger partial charge is 0.295 e. The Bertz CT molecular complexity index is 1140. The van der Waals surface area contributed by atoms with Gasteiger partial charge in [0.15, 0.2) is 11.5 Å². The lowest BCUT2D eigenvalue weighted by molar-refractivity contribution is -0.140. The van der Waals surface area contributed by atoms with Crippen LogP contribution in [0.2, 0.25) is 0 Å². The van der Waals surface area contributed by atoms with E-state index in [1.165, 1.54) is 0 Å². The zero-order valence-electron chi connectivity index (χ0n) is 23.3. The Kier molecular flexibility index (Phi) is 10.2. The molecule has 0 spiro atoms. The van der Waals surface area contributed by atoms with E-state index in [2.05, 4.69) is 18.7 Å². The largest absolute Gasteiger partial charge is 0.507 e. The summed E-state index contributed by atoms with van der Waals surface area (Å²) in [5, 5.41) is 11.4. The third-order valence-electron chi connectivity index (χ3n) is 6.61. The molecule has 2 aromatic rings. The molecule has 1 heterocycles. The zero-order valence-corrected chi connectivity index (χ0v) is 23.3. The fraction of sp³-hybridized carbons (Fsp3) is 0.467. The molecule has 0 aromatic heterocycles. The van der Waals surface area contributed by atoms with Crippen molar-refractivity contribution in [3.05, 3.63) is 59.2 Å². The molecule has 1 aliphatic rings. The van der Waals surface area contributed by atoms with E-state index in [1.807, 2.05) is 26.8 Å². The Morgan fingerprint density at radius 3 is 2.29 bits per heavy atom. The molecule has 8 heteroatoms. The first-order valence-electron chi connectivity index (χ1n) is 13.3. The Hall–Kier alpha value is -3.52. The van der Waals surface area contributed by atoms with Crippen LogP contribution in [0, 0.1) is 0 Å². The number of likely N-dealkylation sites (tertiary alicyclic amines) is 1. The lowest BCUT2D eigenvalue weighted by Crippen LogP contribution is -2.33. The van der Waals surface area contributed by atoms with E-state index in [4.69, 9.17) is 14.2 Å². The van der Waals surface area contributed by atoms with E-state index in [1.54, 1.807) is 48.4 Å². The summed E-state index contributed by atoms with van der Waals surface area (Å²) in [6.45, 7) is 13.4. The molecule has 3 rings (SSSR count). The number of aliphatic hydroxyl groups excluding tert-OH is 1. The van der Waals surface area contributed by atoms with Crippen LogP contribution >= 0.6 is 0 Å². The molecule has 1 fully saturated rings. The van der Waals surface area contributed by atoms with Crippen LogP contribution in [-0.2, 0) is 9.59 Å². The number of methoxy groups -OCH3 is 1. The number of carbonyl (C=O) groups is 2. The van der Waals surface area contributed by atoms with Gasteiger partial charge in [0.05, 0.1) is 31.4 Å². The van der Waals surface area contributed by atoms with Gasteiger partial charge in [-0.3, -0.25) is 9.59 Å². The second-order valence-corrected chi connectivity index (χ2v) is 9.41. The first kappa shape index (κ1) is 29.0. The van der Waals surface area contributed by atoms with Gasteiger partial charge in [-0.25, -0.2) is 0 Å². The van der Waals surface area contributed by atoms with Gasteiger partial charge in [0.2, 0.25) is 0 Å². The van der Waals surface area contributed by atoms with Crippen LogP contribution in [0.15, 0.2) is 48.0 Å². The fourth-order valence-electron chi connectivity index (χ4n) is 4.71. The summed E-state index contributed by atoms with van der Waals surface area (Å²) in [5.74, 6) is 0.172. The van der Waals surface area contributed by atoms with Crippen molar-refractivity contribution in [3.63, 3.8) is 0 Å². The number of amides is 1. The van der Waals surface area contributed by atoms with Crippen molar-refractivity contribution in [3.8, 4) is 17.2 Å². The molecule has 0 bridgehead atoms. The van der Waals surface area contributed by atoms with Gasteiger partial charge < -0.3 is 29.1 Å². The molecule has 1 N–H and O–H groups in total. The van der Waals surface area contributed by atoms with Crippen LogP contribution in [0.4, 0.5) is 0 Å². The number of ketones is 1. The zero-order chi connectivity index (χ0) is 27.8. The third-order valence-corrected chi connectivity index (χ3v) is 6.61. The van der Waals surface area contributed by atoms with Crippen LogP contribution in [0.25, 0.3) is 5.76 Å². The average molecular weight is 525 g/mol. The maximum atomic E-state index is 13.4. The quantitative estimate of drug-likeness (QED) is 0.223. The van der Waals surface area contributed by atoms with Gasteiger partial charge in [-0.05, 0) is 88.8 Å². The van der Waals surface area contributed by atoms with Crippen LogP contribution in [0.5, 0.6) is 17.2 Å². The highest BCUT2D eigenvalue weighted by Crippen LogP contribution is 2.42. The summed E-state index contributed by atoms with van der Waals surface area (Å²) < 4.78 is 16.9. The molecular weight excluding hydrogens is 484 g/mol. The minimum atomic E-state index is -0.761. The van der Waals surface area contributed by atoms with Crippen molar-refractivity contribution in [2.24, 2.45) is 0 Å². The van der Waals surface area contributed by atoms with Crippen molar-refractivity contribution in [2.75, 3.05) is 39.9 Å². The monoisotopic (exact) mass is 524 g/mol. The molecule has 2 aromatic carbocycles. The summed E-state index contributed by atoms with van der Waals surface area (Å²) in [4.78, 5) is 30.5. The summed E-state index contributed by atoms with van der Waals surface area (Å²) in [6, 6.07) is 11.5. The first-order valence-corrected chi connectivity index (χ1v) is 13.3. The minimum Gasteiger partial charge on any atom is -0.507 e. The molecule has 0 aliphatic carbocycles. The highest BCUT2D eigenvalue weighted by Gasteiger charge is 2.46. The highest BCUT2D eigenvalue weighted by atomic mass is 16.5. The summed E-state index contributed by atoms with van der Waals surface area (Å²) in [7, 11) is 1.55. The number of ether oxygens (including phenoxy) is 3. The van der Waals surface area contributed by atoms with Crippen molar-refractivity contribution < 1.29 is 28.9 Å². The van der Waals surface area contributed by atoms with Crippen molar-refractivity contribution >= 4 is 17.4 Å². The average Bonchev–Trinajstić information content (AvgIpc) is 3.16. The van der Waals surface area contributed by atoms with E-state index in [0.717, 1.165) is 19.6 Å². The van der Waals surface area contributed by atoms with E-state index in [0.29, 0.717) is 47.9 Å². The van der Waals surface area contributed by atoms with Crippen molar-refractivity contribution in [1.82, 2.24) is 9.80 Å². The fourth-order valence-corrected chi connectivity index (χ4v) is 4.71. The number of aliphatic hydroxyl groups is 1. The van der Waals surface area contributed by atoms with Gasteiger partial charge in [0, 0.05) is 12.1 Å². The predicted octanol–water partition coefficient (Wildman–Crippen LogP) is 5.03. The number of benzene rings is 2. The molecule has 0 saturated carbocycles. The van der Waals surface area contributed by atoms with E-state index in [9.17, 15) is 14.7 Å². The molecule has 1 atom stereocenters. The number of nitrogens with zero attached hydrogens (tertiary/aromatic N) is 2. The maximum Gasteiger partial charge on any atom is 0.295 e. The second-order valence-electron chi connectivity index (χ2n) is 9.41. The lowest BCUT2D eigenvalue weighted by atomic mass is 9.95. The van der Waals surface area contributed by atoms with Gasteiger partial charge >= 0.3 is 0 Å². The minimum absolute atomic E-state index is 0.00533. The highest BCUT2D eigenvalue weighted by molar-refractivity contribution is 6.46. The van der Waals surface area contributed by atoms with Crippen LogP contribution in [0.1, 0.15) is 58.2 Å². The molecule has 206 valence electrons. The van der Waals surface area contributed by atoms with Gasteiger partial charge in [0.1, 0.15) is 11.5 Å². The number of hydrogen-bond donors (Lipinski definition) is 1. The van der Waals surface area contributed by atoms with Crippen molar-refractivity contribution in [2.45, 2.75) is 53.2 Å². The van der Waals surface area contributed by atoms with E-state index in [-0.39, 0.29) is 17.4 Å². The number of rotatable bonds is 13. The van der Waals surface area contributed by atoms with Gasteiger partial charge in [-0.15, -0.1) is 0 Å². The van der Waals surface area contributed by atoms with Crippen molar-refractivity contribution in [1.29, 1.82) is 0 Å². The second kappa shape index (κ2) is 13.3. The molecule has 1 aliphatic heterocycles. The maximum absolute atomic E-state index is 13.4. The SMILES string of the molecule is CCOc1ccc([C@@H]2/C(=C(\O)c3ccc(OC(C)C)cc3)C(=O)C(=O)N2CCCN(CC)CC)cc1OC. The number of carbonyl (C=O) groups excluding carboxylic acids is 2. The molecule has 1 amide bonds. The predicted molar refractivity (Wildman–Crippen MR) is 148 cm³/mol. The number of hydrogen-bond acceptors (Lipinski definition) is 7. The van der Waals surface area contributed by atoms with Crippen LogP contribution in [0.3, 0.4) is 0 Å². The molecule has 0 radical (unpaired) electrons. The summed E-state index contributed by atoms with van der Waals surface area (Å²) in [5.41, 5.74) is 1.15. The molecule has 38 heavy (non-hydrogen) atoms. The van der Waals surface area contributed by atoms with E-state index < -0.39 is 17.7 Å². The number of Topliss-reactive ketones (excluding diaryl/α,β-unsaturated/α-hetero) is 1. The molecule has 0 unspecified atom stereocenters. The Morgan fingerprint density at radius 1 is 1.03 bits per heavy atom. The Labute approximate surface area is 225 Å². The van der Waals surface area contributed by atoms with Gasteiger partial charge in [-0.2, -0.15) is 0 Å². The lowest BCUT2D eigenvalue weighted by Gasteiger charge is -2.27. The molecule has 8 nitrogen and oxygen atoms in total. The van der Waals surface area contributed by atoms with Crippen LogP contribution < -0.4 is 14.2 Å². The first-order chi connectivity index (χ1) is 18.2. The topological polar surface area (TPSA) is 88.5 Å². The molecular formula is C30H40N2O6. The summed E-state index contributed by atoms with van der Waals surface area (Å²) >= 11 is 0. The normalized spacial score (nSPS) is 16.9. The third kappa shape index (κ3) is 6.48.